The predicted molar refractivity (Wildman–Crippen MR) is 115 cm³/mol. The normalized spacial score (nSPS) is 23.0. The second-order valence-corrected chi connectivity index (χ2v) is 10.5. The maximum absolute atomic E-state index is 13.4. The molecule has 0 radical (unpaired) electrons. The molecule has 1 aliphatic carbocycles. The molecule has 3 aliphatic rings. The lowest BCUT2D eigenvalue weighted by Gasteiger charge is -2.59. The van der Waals surface area contributed by atoms with Crippen LogP contribution in [0.2, 0.25) is 5.02 Å². The monoisotopic (exact) mass is 435 g/mol. The first-order chi connectivity index (χ1) is 14.2. The fourth-order valence-electron chi connectivity index (χ4n) is 5.61. The number of carbonyl (C=O) groups is 2. The van der Waals surface area contributed by atoms with E-state index in [-0.39, 0.29) is 27.9 Å². The van der Waals surface area contributed by atoms with E-state index in [0.29, 0.717) is 24.4 Å². The maximum Gasteiger partial charge on any atom is 0.251 e. The van der Waals surface area contributed by atoms with E-state index in [1.165, 1.54) is 24.6 Å². The first-order valence-electron chi connectivity index (χ1n) is 10.9. The topological polar surface area (TPSA) is 52.7 Å². The van der Waals surface area contributed by atoms with Gasteiger partial charge in [-0.05, 0) is 75.5 Å². The second kappa shape index (κ2) is 8.12. The van der Waals surface area contributed by atoms with E-state index >= 15 is 0 Å². The van der Waals surface area contributed by atoms with Crippen LogP contribution in [-0.4, -0.2) is 59.9 Å². The van der Waals surface area contributed by atoms with Crippen LogP contribution in [0.5, 0.6) is 0 Å². The molecule has 2 saturated heterocycles. The largest absolute Gasteiger partial charge is 0.352 e. The van der Waals surface area contributed by atoms with Crippen LogP contribution in [0.25, 0.3) is 0 Å². The Bertz CT molecular complexity index is 809. The minimum atomic E-state index is -0.507. The molecule has 1 saturated carbocycles. The molecule has 0 bridgehead atoms. The summed E-state index contributed by atoms with van der Waals surface area (Å²) in [4.78, 5) is 29.3. The number of likely N-dealkylation sites (tertiary alicyclic amines) is 2. The molecule has 0 atom stereocenters. The van der Waals surface area contributed by atoms with Gasteiger partial charge in [-0.2, -0.15) is 0 Å². The van der Waals surface area contributed by atoms with Crippen LogP contribution in [0.4, 0.5) is 4.39 Å². The van der Waals surface area contributed by atoms with Crippen molar-refractivity contribution >= 4 is 23.4 Å². The van der Waals surface area contributed by atoms with Crippen LogP contribution in [0.15, 0.2) is 18.2 Å². The zero-order valence-corrected chi connectivity index (χ0v) is 18.6. The van der Waals surface area contributed by atoms with Crippen molar-refractivity contribution in [2.45, 2.75) is 51.5 Å². The van der Waals surface area contributed by atoms with Gasteiger partial charge < -0.3 is 10.2 Å². The third-order valence-corrected chi connectivity index (χ3v) is 7.27. The van der Waals surface area contributed by atoms with Gasteiger partial charge in [-0.15, -0.1) is 0 Å². The molecular weight excluding hydrogens is 405 g/mol. The highest BCUT2D eigenvalue weighted by Crippen LogP contribution is 2.51. The van der Waals surface area contributed by atoms with Crippen LogP contribution in [0.3, 0.4) is 0 Å². The summed E-state index contributed by atoms with van der Waals surface area (Å²) < 4.78 is 13.4. The molecule has 2 aliphatic heterocycles. The van der Waals surface area contributed by atoms with Crippen molar-refractivity contribution in [2.75, 3.05) is 32.7 Å². The number of halogens is 2. The molecule has 1 N–H and O–H groups in total. The minimum Gasteiger partial charge on any atom is -0.352 e. The number of nitrogens with zero attached hydrogens (tertiary/aromatic N) is 2. The van der Waals surface area contributed by atoms with Gasteiger partial charge in [0.25, 0.3) is 5.91 Å². The highest BCUT2D eigenvalue weighted by atomic mass is 35.5. The number of piperidine rings is 1. The smallest absolute Gasteiger partial charge is 0.251 e. The molecule has 5 nitrogen and oxygen atoms in total. The van der Waals surface area contributed by atoms with Gasteiger partial charge in [0, 0.05) is 42.3 Å². The van der Waals surface area contributed by atoms with Crippen LogP contribution < -0.4 is 5.32 Å². The van der Waals surface area contributed by atoms with Gasteiger partial charge in [0.2, 0.25) is 5.91 Å². The number of hydrogen-bond acceptors (Lipinski definition) is 3. The van der Waals surface area contributed by atoms with Crippen molar-refractivity contribution in [3.05, 3.63) is 34.6 Å². The molecule has 4 rings (SSSR count). The van der Waals surface area contributed by atoms with E-state index in [0.717, 1.165) is 45.3 Å². The van der Waals surface area contributed by atoms with Gasteiger partial charge >= 0.3 is 0 Å². The average molecular weight is 436 g/mol. The van der Waals surface area contributed by atoms with Crippen molar-refractivity contribution in [2.24, 2.45) is 11.3 Å². The highest BCUT2D eigenvalue weighted by molar-refractivity contribution is 6.31. The van der Waals surface area contributed by atoms with Gasteiger partial charge in [-0.3, -0.25) is 14.5 Å². The Labute approximate surface area is 182 Å². The summed E-state index contributed by atoms with van der Waals surface area (Å²) in [6.45, 7) is 8.27. The summed E-state index contributed by atoms with van der Waals surface area (Å²) in [6.07, 6.45) is 5.52. The van der Waals surface area contributed by atoms with Crippen LogP contribution in [-0.2, 0) is 4.79 Å². The number of benzene rings is 1. The Morgan fingerprint density at radius 2 is 1.93 bits per heavy atom. The Balaban J connectivity index is 1.18. The standard InChI is InChI=1S/C23H31ClFN3O2/c1-22(2)5-3-4-6-28(22)20(29)13-27-14-23(15-27)10-16(11-23)12-26-21(30)17-7-18(24)9-19(25)8-17/h7-9,16H,3-6,10-15H2,1-2H3,(H,26,30). The van der Waals surface area contributed by atoms with Gasteiger partial charge in [-0.25, -0.2) is 4.39 Å². The van der Waals surface area contributed by atoms with Gasteiger partial charge in [-0.1, -0.05) is 11.6 Å². The summed E-state index contributed by atoms with van der Waals surface area (Å²) in [5.74, 6) is -0.0991. The number of rotatable bonds is 5. The number of nitrogens with one attached hydrogen (secondary N) is 1. The molecule has 30 heavy (non-hydrogen) atoms. The first kappa shape index (κ1) is 21.6. The quantitative estimate of drug-likeness (QED) is 0.767. The fraction of sp³-hybridized carbons (Fsp3) is 0.652. The van der Waals surface area contributed by atoms with Crippen LogP contribution in [0.1, 0.15) is 56.3 Å². The first-order valence-corrected chi connectivity index (χ1v) is 11.3. The van der Waals surface area contributed by atoms with Crippen molar-refractivity contribution in [1.82, 2.24) is 15.1 Å². The highest BCUT2D eigenvalue weighted by Gasteiger charge is 2.52. The number of hydrogen-bond donors (Lipinski definition) is 1. The summed E-state index contributed by atoms with van der Waals surface area (Å²) in [5, 5.41) is 3.12. The molecule has 7 heteroatoms. The average Bonchev–Trinajstić information content (AvgIpc) is 2.60. The SMILES string of the molecule is CC1(C)CCCCN1C(=O)CN1CC2(CC(CNC(=O)c3cc(F)cc(Cl)c3)C2)C1. The van der Waals surface area contributed by atoms with Crippen LogP contribution in [0, 0.1) is 17.2 Å². The van der Waals surface area contributed by atoms with Gasteiger partial charge in [0.15, 0.2) is 0 Å². The second-order valence-electron chi connectivity index (χ2n) is 10.1. The lowest BCUT2D eigenvalue weighted by atomic mass is 9.57. The summed E-state index contributed by atoms with van der Waals surface area (Å²) in [7, 11) is 0. The molecule has 1 spiro atoms. The van der Waals surface area contributed by atoms with E-state index in [1.54, 1.807) is 0 Å². The fourth-order valence-corrected chi connectivity index (χ4v) is 5.83. The summed E-state index contributed by atoms with van der Waals surface area (Å²) in [5.41, 5.74) is 0.543. The molecule has 3 fully saturated rings. The molecule has 1 aromatic carbocycles. The van der Waals surface area contributed by atoms with E-state index in [2.05, 4.69) is 29.0 Å². The Morgan fingerprint density at radius 3 is 2.60 bits per heavy atom. The van der Waals surface area contributed by atoms with E-state index in [1.807, 2.05) is 0 Å². The molecule has 0 unspecified atom stereocenters. The van der Waals surface area contributed by atoms with Crippen molar-refractivity contribution in [3.63, 3.8) is 0 Å². The summed E-state index contributed by atoms with van der Waals surface area (Å²) >= 11 is 5.82. The third kappa shape index (κ3) is 4.50. The molecule has 0 aromatic heterocycles. The minimum absolute atomic E-state index is 0.0243. The van der Waals surface area contributed by atoms with E-state index in [9.17, 15) is 14.0 Å². The van der Waals surface area contributed by atoms with Crippen molar-refractivity contribution in [1.29, 1.82) is 0 Å². The lowest BCUT2D eigenvalue weighted by molar-refractivity contribution is -0.148. The van der Waals surface area contributed by atoms with E-state index in [4.69, 9.17) is 11.6 Å². The zero-order valence-electron chi connectivity index (χ0n) is 17.8. The number of carbonyl (C=O) groups excluding carboxylic acids is 2. The molecule has 2 amide bonds. The Kier molecular flexibility index (Phi) is 5.84. The Morgan fingerprint density at radius 1 is 1.20 bits per heavy atom. The third-order valence-electron chi connectivity index (χ3n) is 7.05. The molecule has 1 aromatic rings. The lowest BCUT2D eigenvalue weighted by Crippen LogP contribution is -2.65. The Hall–Kier alpha value is -1.66. The molecular formula is C23H31ClFN3O2. The van der Waals surface area contributed by atoms with E-state index < -0.39 is 5.82 Å². The van der Waals surface area contributed by atoms with Crippen LogP contribution >= 0.6 is 11.6 Å². The molecule has 164 valence electrons. The summed E-state index contributed by atoms with van der Waals surface area (Å²) in [6, 6.07) is 3.87. The van der Waals surface area contributed by atoms with Gasteiger partial charge in [0.1, 0.15) is 5.82 Å². The van der Waals surface area contributed by atoms with Crippen molar-refractivity contribution < 1.29 is 14.0 Å². The molecule has 2 heterocycles. The van der Waals surface area contributed by atoms with Crippen molar-refractivity contribution in [3.8, 4) is 0 Å². The number of amides is 2. The zero-order chi connectivity index (χ0) is 21.5. The van der Waals surface area contributed by atoms with Gasteiger partial charge in [0.05, 0.1) is 6.54 Å². The predicted octanol–water partition coefficient (Wildman–Crippen LogP) is 3.71. The maximum atomic E-state index is 13.4.